The highest BCUT2D eigenvalue weighted by atomic mass is 19.1. The average molecular weight is 291 g/mol. The first-order valence-corrected chi connectivity index (χ1v) is 8.44. The lowest BCUT2D eigenvalue weighted by Gasteiger charge is -2.39. The second-order valence-electron chi connectivity index (χ2n) is 7.33. The number of benzene rings is 1. The molecule has 1 fully saturated rings. The van der Waals surface area contributed by atoms with Gasteiger partial charge in [0.2, 0.25) is 0 Å². The smallest absolute Gasteiger partial charge is 0.123 e. The van der Waals surface area contributed by atoms with Crippen LogP contribution in [0.3, 0.4) is 0 Å². The first kappa shape index (κ1) is 16.5. The Morgan fingerprint density at radius 3 is 2.24 bits per heavy atom. The van der Waals surface area contributed by atoms with E-state index in [0.717, 1.165) is 5.92 Å². The van der Waals surface area contributed by atoms with Gasteiger partial charge in [0.15, 0.2) is 0 Å². The van der Waals surface area contributed by atoms with Gasteiger partial charge in [-0.2, -0.15) is 0 Å². The molecule has 1 saturated carbocycles. The van der Waals surface area contributed by atoms with Gasteiger partial charge in [0, 0.05) is 12.1 Å². The highest BCUT2D eigenvalue weighted by molar-refractivity contribution is 5.19. The third-order valence-corrected chi connectivity index (χ3v) is 5.60. The Labute approximate surface area is 129 Å². The summed E-state index contributed by atoms with van der Waals surface area (Å²) in [5.74, 6) is 0.704. The van der Waals surface area contributed by atoms with Crippen molar-refractivity contribution in [1.82, 2.24) is 5.32 Å². The summed E-state index contributed by atoms with van der Waals surface area (Å²) in [4.78, 5) is 0. The maximum Gasteiger partial charge on any atom is 0.123 e. The van der Waals surface area contributed by atoms with E-state index in [4.69, 9.17) is 0 Å². The van der Waals surface area contributed by atoms with Crippen molar-refractivity contribution in [2.75, 3.05) is 0 Å². The average Bonchev–Trinajstić information content (AvgIpc) is 2.48. The predicted octanol–water partition coefficient (Wildman–Crippen LogP) is 5.47. The van der Waals surface area contributed by atoms with Crippen LogP contribution in [0.4, 0.5) is 4.39 Å². The van der Waals surface area contributed by atoms with Gasteiger partial charge in [-0.25, -0.2) is 4.39 Å². The fourth-order valence-electron chi connectivity index (χ4n) is 3.53. The van der Waals surface area contributed by atoms with Gasteiger partial charge in [0.05, 0.1) is 0 Å². The van der Waals surface area contributed by atoms with Crippen molar-refractivity contribution in [3.8, 4) is 0 Å². The number of hydrogen-bond acceptors (Lipinski definition) is 1. The molecule has 0 amide bonds. The summed E-state index contributed by atoms with van der Waals surface area (Å²) in [7, 11) is 0. The fraction of sp³-hybridized carbons (Fsp3) is 0.684. The van der Waals surface area contributed by atoms with Crippen LogP contribution < -0.4 is 5.32 Å². The maximum atomic E-state index is 13.0. The molecule has 0 aromatic heterocycles. The molecule has 1 aliphatic carbocycles. The minimum absolute atomic E-state index is 0.159. The Morgan fingerprint density at radius 1 is 1.14 bits per heavy atom. The van der Waals surface area contributed by atoms with E-state index in [1.165, 1.54) is 37.7 Å². The topological polar surface area (TPSA) is 12.0 Å². The molecule has 0 unspecified atom stereocenters. The lowest BCUT2D eigenvalue weighted by Crippen LogP contribution is -2.38. The van der Waals surface area contributed by atoms with E-state index in [9.17, 15) is 4.39 Å². The quantitative estimate of drug-likeness (QED) is 0.758. The summed E-state index contributed by atoms with van der Waals surface area (Å²) in [6, 6.07) is 7.78. The zero-order valence-electron chi connectivity index (χ0n) is 14.0. The Balaban J connectivity index is 1.84. The minimum Gasteiger partial charge on any atom is -0.307 e. The summed E-state index contributed by atoms with van der Waals surface area (Å²) < 4.78 is 13.0. The van der Waals surface area contributed by atoms with E-state index in [0.29, 0.717) is 17.5 Å². The van der Waals surface area contributed by atoms with Crippen LogP contribution in [0.25, 0.3) is 0 Å². The third kappa shape index (κ3) is 4.29. The van der Waals surface area contributed by atoms with Gasteiger partial charge in [0.1, 0.15) is 5.82 Å². The largest absolute Gasteiger partial charge is 0.307 e. The molecule has 1 aromatic rings. The zero-order valence-corrected chi connectivity index (χ0v) is 14.0. The van der Waals surface area contributed by atoms with Crippen LogP contribution in [0.1, 0.15) is 71.4 Å². The highest BCUT2D eigenvalue weighted by Gasteiger charge is 2.32. The molecule has 0 aliphatic heterocycles. The molecule has 1 aliphatic rings. The summed E-state index contributed by atoms with van der Waals surface area (Å²) in [5.41, 5.74) is 1.65. The van der Waals surface area contributed by atoms with Crippen molar-refractivity contribution in [3.63, 3.8) is 0 Å². The molecule has 1 aromatic carbocycles. The van der Waals surface area contributed by atoms with Gasteiger partial charge in [-0.05, 0) is 61.6 Å². The molecule has 2 heteroatoms. The van der Waals surface area contributed by atoms with Crippen LogP contribution in [0, 0.1) is 17.2 Å². The second kappa shape index (κ2) is 6.91. The van der Waals surface area contributed by atoms with Gasteiger partial charge in [-0.1, -0.05) is 39.3 Å². The summed E-state index contributed by atoms with van der Waals surface area (Å²) >= 11 is 0. The van der Waals surface area contributed by atoms with Gasteiger partial charge < -0.3 is 5.32 Å². The van der Waals surface area contributed by atoms with E-state index in [2.05, 4.69) is 33.0 Å². The Bertz CT molecular complexity index is 429. The van der Waals surface area contributed by atoms with Gasteiger partial charge in [-0.15, -0.1) is 0 Å². The summed E-state index contributed by atoms with van der Waals surface area (Å²) in [5, 5.41) is 3.72. The second-order valence-corrected chi connectivity index (χ2v) is 7.33. The van der Waals surface area contributed by atoms with Crippen molar-refractivity contribution in [1.29, 1.82) is 0 Å². The van der Waals surface area contributed by atoms with Gasteiger partial charge in [-0.3, -0.25) is 0 Å². The zero-order chi connectivity index (χ0) is 15.5. The lowest BCUT2D eigenvalue weighted by molar-refractivity contribution is 0.134. The lowest BCUT2D eigenvalue weighted by atomic mass is 9.69. The van der Waals surface area contributed by atoms with Crippen LogP contribution in [-0.4, -0.2) is 6.04 Å². The molecule has 0 heterocycles. The number of hydrogen-bond donors (Lipinski definition) is 1. The normalized spacial score (nSPS) is 24.8. The molecular weight excluding hydrogens is 261 g/mol. The van der Waals surface area contributed by atoms with Crippen LogP contribution >= 0.6 is 0 Å². The SMILES string of the molecule is CCC(C)(C)C1CCC(N[C@@H](C)c2ccc(F)cc2)CC1. The first-order valence-electron chi connectivity index (χ1n) is 8.44. The number of rotatable bonds is 5. The van der Waals surface area contributed by atoms with E-state index in [1.807, 2.05) is 12.1 Å². The predicted molar refractivity (Wildman–Crippen MR) is 87.8 cm³/mol. The maximum absolute atomic E-state index is 13.0. The Hall–Kier alpha value is -0.890. The summed E-state index contributed by atoms with van der Waals surface area (Å²) in [6.45, 7) is 9.30. The standard InChI is InChI=1S/C19H30FN/c1-5-19(3,4)16-8-12-18(13-9-16)21-14(2)15-6-10-17(20)11-7-15/h6-7,10-11,14,16,18,21H,5,8-9,12-13H2,1-4H3/t14-,16?,18?/m0/s1. The molecule has 0 spiro atoms. The first-order chi connectivity index (χ1) is 9.92. The monoisotopic (exact) mass is 291 g/mol. The fourth-order valence-corrected chi connectivity index (χ4v) is 3.53. The number of nitrogens with one attached hydrogen (secondary N) is 1. The van der Waals surface area contributed by atoms with Gasteiger partial charge >= 0.3 is 0 Å². The van der Waals surface area contributed by atoms with Crippen LogP contribution in [0.2, 0.25) is 0 Å². The Kier molecular flexibility index (Phi) is 5.43. The van der Waals surface area contributed by atoms with Crippen LogP contribution in [-0.2, 0) is 0 Å². The van der Waals surface area contributed by atoms with Gasteiger partial charge in [0.25, 0.3) is 0 Å². The molecule has 0 radical (unpaired) electrons. The van der Waals surface area contributed by atoms with Crippen LogP contribution in [0.5, 0.6) is 0 Å². The van der Waals surface area contributed by atoms with Crippen molar-refractivity contribution < 1.29 is 4.39 Å². The molecular formula is C19H30FN. The summed E-state index contributed by atoms with van der Waals surface area (Å²) in [6.07, 6.45) is 6.45. The van der Waals surface area contributed by atoms with Crippen molar-refractivity contribution in [3.05, 3.63) is 35.6 Å². The third-order valence-electron chi connectivity index (χ3n) is 5.60. The van der Waals surface area contributed by atoms with E-state index < -0.39 is 0 Å². The molecule has 1 N–H and O–H groups in total. The van der Waals surface area contributed by atoms with E-state index in [1.54, 1.807) is 12.1 Å². The molecule has 2 rings (SSSR count). The van der Waals surface area contributed by atoms with Crippen molar-refractivity contribution in [2.24, 2.45) is 11.3 Å². The van der Waals surface area contributed by atoms with Crippen molar-refractivity contribution >= 4 is 0 Å². The van der Waals surface area contributed by atoms with Crippen molar-refractivity contribution in [2.45, 2.75) is 71.9 Å². The molecule has 0 bridgehead atoms. The van der Waals surface area contributed by atoms with Crippen LogP contribution in [0.15, 0.2) is 24.3 Å². The molecule has 1 atom stereocenters. The molecule has 118 valence electrons. The molecule has 21 heavy (non-hydrogen) atoms. The minimum atomic E-state index is -0.159. The van der Waals surface area contributed by atoms with E-state index >= 15 is 0 Å². The van der Waals surface area contributed by atoms with E-state index in [-0.39, 0.29) is 5.82 Å². The molecule has 0 saturated heterocycles. The highest BCUT2D eigenvalue weighted by Crippen LogP contribution is 2.40. The number of halogens is 1. The molecule has 1 nitrogen and oxygen atoms in total. The Morgan fingerprint density at radius 2 is 1.71 bits per heavy atom.